The van der Waals surface area contributed by atoms with Crippen molar-refractivity contribution in [2.75, 3.05) is 5.73 Å². The topological polar surface area (TPSA) is 59.2 Å². The van der Waals surface area contributed by atoms with Gasteiger partial charge in [0.15, 0.2) is 0 Å². The Labute approximate surface area is 207 Å². The van der Waals surface area contributed by atoms with Gasteiger partial charge >= 0.3 is 6.18 Å². The van der Waals surface area contributed by atoms with Crippen LogP contribution in [0.1, 0.15) is 71.6 Å². The third-order valence-electron chi connectivity index (χ3n) is 7.30. The number of pyridine rings is 1. The van der Waals surface area contributed by atoms with Crippen LogP contribution in [0.5, 0.6) is 0 Å². The number of nitrogens with zero attached hydrogens (tertiary/aromatic N) is 2. The third kappa shape index (κ3) is 4.70. The van der Waals surface area contributed by atoms with Crippen LogP contribution in [0.2, 0.25) is 5.02 Å². The first kappa shape index (κ1) is 23.9. The normalized spacial score (nSPS) is 20.7. The Balaban J connectivity index is 1.40. The summed E-state index contributed by atoms with van der Waals surface area (Å²) in [5.41, 5.74) is 8.17. The van der Waals surface area contributed by atoms with Crippen LogP contribution in [0.4, 0.5) is 18.9 Å². The van der Waals surface area contributed by atoms with Crippen LogP contribution in [-0.2, 0) is 6.18 Å². The van der Waals surface area contributed by atoms with Crippen LogP contribution in [-0.4, -0.2) is 27.9 Å². The Kier molecular flexibility index (Phi) is 6.16. The summed E-state index contributed by atoms with van der Waals surface area (Å²) in [5, 5.41) is 1.16. The fourth-order valence-corrected chi connectivity index (χ4v) is 5.75. The zero-order valence-corrected chi connectivity index (χ0v) is 20.2. The number of hydrogen-bond acceptors (Lipinski definition) is 3. The maximum Gasteiger partial charge on any atom is 0.433 e. The van der Waals surface area contributed by atoms with Crippen molar-refractivity contribution in [2.45, 2.75) is 69.6 Å². The van der Waals surface area contributed by atoms with Gasteiger partial charge in [0, 0.05) is 33.7 Å². The number of nitrogens with two attached hydrogens (primary N) is 1. The molecule has 3 aromatic rings. The minimum atomic E-state index is -4.55. The van der Waals surface area contributed by atoms with Crippen molar-refractivity contribution in [2.24, 2.45) is 0 Å². The van der Waals surface area contributed by atoms with Gasteiger partial charge in [0.05, 0.1) is 5.52 Å². The van der Waals surface area contributed by atoms with Crippen molar-refractivity contribution in [1.29, 1.82) is 0 Å². The predicted octanol–water partition coefficient (Wildman–Crippen LogP) is 7.13. The molecule has 35 heavy (non-hydrogen) atoms. The average Bonchev–Trinajstić information content (AvgIpc) is 3.64. The first-order valence-corrected chi connectivity index (χ1v) is 12.4. The highest BCUT2D eigenvalue weighted by Crippen LogP contribution is 2.44. The van der Waals surface area contributed by atoms with Crippen molar-refractivity contribution >= 4 is 34.1 Å². The summed E-state index contributed by atoms with van der Waals surface area (Å²) in [6.45, 7) is 1.97. The molecule has 2 fully saturated rings. The van der Waals surface area contributed by atoms with Gasteiger partial charge in [-0.25, -0.2) is 4.98 Å². The molecule has 0 unspecified atom stereocenters. The fourth-order valence-electron chi connectivity index (χ4n) is 5.56. The summed E-state index contributed by atoms with van der Waals surface area (Å²) in [4.78, 5) is 19.3. The van der Waals surface area contributed by atoms with Gasteiger partial charge in [-0.05, 0) is 92.8 Å². The van der Waals surface area contributed by atoms with Crippen molar-refractivity contribution in [3.05, 3.63) is 69.9 Å². The highest BCUT2D eigenvalue weighted by molar-refractivity contribution is 6.31. The molecule has 184 valence electrons. The lowest BCUT2D eigenvalue weighted by Crippen LogP contribution is -2.43. The molecule has 4 nitrogen and oxygen atoms in total. The molecule has 1 heterocycles. The molecular formula is C27H27ClF3N3O. The summed E-state index contributed by atoms with van der Waals surface area (Å²) in [6.07, 6.45) is 0.798. The number of aryl methyl sites for hydroxylation is 1. The minimum Gasteiger partial charge on any atom is -0.398 e. The van der Waals surface area contributed by atoms with Gasteiger partial charge in [-0.1, -0.05) is 23.7 Å². The fraction of sp³-hybridized carbons (Fsp3) is 0.407. The molecule has 0 radical (unpaired) electrons. The van der Waals surface area contributed by atoms with Crippen molar-refractivity contribution in [3.8, 4) is 0 Å². The average molecular weight is 502 g/mol. The van der Waals surface area contributed by atoms with Crippen LogP contribution in [0, 0.1) is 6.92 Å². The van der Waals surface area contributed by atoms with Crippen LogP contribution in [0.15, 0.2) is 42.5 Å². The van der Waals surface area contributed by atoms with Gasteiger partial charge in [0.2, 0.25) is 0 Å². The highest BCUT2D eigenvalue weighted by Gasteiger charge is 2.40. The summed E-state index contributed by atoms with van der Waals surface area (Å²) in [6, 6.07) is 11.9. The Morgan fingerprint density at radius 3 is 2.29 bits per heavy atom. The van der Waals surface area contributed by atoms with Gasteiger partial charge in [-0.15, -0.1) is 0 Å². The number of fused-ring (bicyclic) bond motifs is 1. The monoisotopic (exact) mass is 501 g/mol. The van der Waals surface area contributed by atoms with E-state index in [-0.39, 0.29) is 35.1 Å². The molecule has 5 rings (SSSR count). The maximum atomic E-state index is 13.4. The molecular weight excluding hydrogens is 475 g/mol. The van der Waals surface area contributed by atoms with E-state index in [9.17, 15) is 18.0 Å². The molecule has 0 saturated heterocycles. The lowest BCUT2D eigenvalue weighted by atomic mass is 9.78. The van der Waals surface area contributed by atoms with Crippen LogP contribution >= 0.6 is 11.6 Å². The summed E-state index contributed by atoms with van der Waals surface area (Å²) >= 11 is 6.12. The molecule has 0 bridgehead atoms. The zero-order chi connectivity index (χ0) is 24.9. The van der Waals surface area contributed by atoms with Gasteiger partial charge in [0.1, 0.15) is 5.69 Å². The summed E-state index contributed by atoms with van der Waals surface area (Å²) in [5.74, 6) is 0.172. The second-order valence-electron chi connectivity index (χ2n) is 9.74. The molecule has 0 spiro atoms. The predicted molar refractivity (Wildman–Crippen MR) is 132 cm³/mol. The van der Waals surface area contributed by atoms with Crippen molar-refractivity contribution < 1.29 is 18.0 Å². The maximum absolute atomic E-state index is 13.4. The molecule has 2 aliphatic carbocycles. The Morgan fingerprint density at radius 2 is 1.69 bits per heavy atom. The number of alkyl halides is 3. The van der Waals surface area contributed by atoms with E-state index in [1.54, 1.807) is 30.3 Å². The quantitative estimate of drug-likeness (QED) is 0.413. The van der Waals surface area contributed by atoms with Gasteiger partial charge in [-0.2, -0.15) is 13.2 Å². The van der Waals surface area contributed by atoms with Gasteiger partial charge in [0.25, 0.3) is 5.91 Å². The van der Waals surface area contributed by atoms with Crippen LogP contribution in [0.25, 0.3) is 10.9 Å². The zero-order valence-electron chi connectivity index (χ0n) is 19.4. The largest absolute Gasteiger partial charge is 0.433 e. The van der Waals surface area contributed by atoms with Crippen LogP contribution < -0.4 is 5.73 Å². The number of carbonyl (C=O) groups excluding carboxylic acids is 1. The number of benzene rings is 2. The van der Waals surface area contributed by atoms with E-state index in [4.69, 9.17) is 17.3 Å². The second-order valence-corrected chi connectivity index (χ2v) is 10.2. The van der Waals surface area contributed by atoms with Crippen LogP contribution in [0.3, 0.4) is 0 Å². The molecule has 8 heteroatoms. The number of rotatable bonds is 4. The smallest absolute Gasteiger partial charge is 0.398 e. The lowest BCUT2D eigenvalue weighted by molar-refractivity contribution is -0.140. The molecule has 2 aliphatic rings. The summed E-state index contributed by atoms with van der Waals surface area (Å²) < 4.78 is 39.8. The minimum absolute atomic E-state index is 0.0212. The third-order valence-corrected chi connectivity index (χ3v) is 7.53. The number of halogens is 4. The molecule has 1 amide bonds. The Hall–Kier alpha value is -2.80. The first-order chi connectivity index (χ1) is 16.6. The second kappa shape index (κ2) is 9.01. The molecule has 0 atom stereocenters. The molecule has 2 N–H and O–H groups in total. The summed E-state index contributed by atoms with van der Waals surface area (Å²) in [7, 11) is 0. The van der Waals surface area contributed by atoms with E-state index in [1.807, 2.05) is 17.9 Å². The first-order valence-electron chi connectivity index (χ1n) is 12.0. The number of hydrogen-bond donors (Lipinski definition) is 1. The lowest BCUT2D eigenvalue weighted by Gasteiger charge is -2.38. The number of aromatic nitrogens is 1. The van der Waals surface area contributed by atoms with E-state index < -0.39 is 11.9 Å². The van der Waals surface area contributed by atoms with E-state index >= 15 is 0 Å². The molecule has 2 aromatic carbocycles. The molecule has 0 aliphatic heterocycles. The van der Waals surface area contributed by atoms with E-state index in [2.05, 4.69) is 4.98 Å². The standard InChI is InChI=1S/C27H27ClF3N3O/c1-15-5-12-22-25(21(32)14-23(33-22)27(29,30)31)24(15)16-6-8-19(9-7-16)34(20-10-11-20)26(35)17-3-2-4-18(28)13-17/h2-5,12-14,16,19-20H,6-11H2,1H3,(H2,32,33). The number of nitrogen functional groups attached to an aromatic ring is 1. The number of amides is 1. The Morgan fingerprint density at radius 1 is 1.03 bits per heavy atom. The molecule has 2 saturated carbocycles. The van der Waals surface area contributed by atoms with E-state index in [0.29, 0.717) is 16.0 Å². The van der Waals surface area contributed by atoms with Crippen molar-refractivity contribution in [1.82, 2.24) is 9.88 Å². The van der Waals surface area contributed by atoms with Crippen molar-refractivity contribution in [3.63, 3.8) is 0 Å². The SMILES string of the molecule is Cc1ccc2nc(C(F)(F)F)cc(N)c2c1C1CCC(N(C(=O)c2cccc(Cl)c2)C2CC2)CC1. The highest BCUT2D eigenvalue weighted by atomic mass is 35.5. The van der Waals surface area contributed by atoms with Gasteiger partial charge < -0.3 is 10.6 Å². The molecule has 1 aromatic heterocycles. The van der Waals surface area contributed by atoms with Gasteiger partial charge in [-0.3, -0.25) is 4.79 Å². The van der Waals surface area contributed by atoms with E-state index in [0.717, 1.165) is 55.7 Å². The number of carbonyl (C=O) groups is 1. The Bertz CT molecular complexity index is 1280. The van der Waals surface area contributed by atoms with E-state index in [1.165, 1.54) is 0 Å². The number of anilines is 1.